The maximum atomic E-state index is 12.4. The summed E-state index contributed by atoms with van der Waals surface area (Å²) >= 11 is 0. The second-order valence-corrected chi connectivity index (χ2v) is 5.69. The predicted molar refractivity (Wildman–Crippen MR) is 65.9 cm³/mol. The van der Waals surface area contributed by atoms with Crippen molar-refractivity contribution in [2.45, 2.75) is 32.2 Å². The van der Waals surface area contributed by atoms with E-state index in [4.69, 9.17) is 0 Å². The SMILES string of the molecule is CCC[C@H](C(=O)O)N1C(=O)[C@@H]2[C@H](C1=O)[C@H]1C=C[C@@H]2C1. The number of hydrogen-bond acceptors (Lipinski definition) is 3. The lowest BCUT2D eigenvalue weighted by atomic mass is 9.85. The number of aliphatic carboxylic acids is 1. The Balaban J connectivity index is 1.91. The van der Waals surface area contributed by atoms with Gasteiger partial charge in [-0.2, -0.15) is 0 Å². The average molecular weight is 263 g/mol. The lowest BCUT2D eigenvalue weighted by molar-refractivity contribution is -0.155. The zero-order chi connectivity index (χ0) is 13.7. The monoisotopic (exact) mass is 263 g/mol. The van der Waals surface area contributed by atoms with E-state index >= 15 is 0 Å². The van der Waals surface area contributed by atoms with E-state index in [1.807, 2.05) is 19.1 Å². The quantitative estimate of drug-likeness (QED) is 0.607. The minimum atomic E-state index is -1.08. The summed E-state index contributed by atoms with van der Waals surface area (Å²) in [4.78, 5) is 37.2. The molecule has 2 fully saturated rings. The second kappa shape index (κ2) is 4.18. The zero-order valence-corrected chi connectivity index (χ0v) is 10.8. The number of carboxylic acid groups (broad SMARTS) is 1. The highest BCUT2D eigenvalue weighted by Gasteiger charge is 2.60. The smallest absolute Gasteiger partial charge is 0.326 e. The van der Waals surface area contributed by atoms with Gasteiger partial charge in [0, 0.05) is 0 Å². The van der Waals surface area contributed by atoms with Crippen LogP contribution in [0.3, 0.4) is 0 Å². The van der Waals surface area contributed by atoms with E-state index in [0.717, 1.165) is 11.3 Å². The topological polar surface area (TPSA) is 74.7 Å². The van der Waals surface area contributed by atoms with E-state index in [-0.39, 0.29) is 35.5 Å². The highest BCUT2D eigenvalue weighted by atomic mass is 16.4. The number of likely N-dealkylation sites (tertiary alicyclic amines) is 1. The van der Waals surface area contributed by atoms with E-state index in [2.05, 4.69) is 0 Å². The Morgan fingerprint density at radius 1 is 1.32 bits per heavy atom. The lowest BCUT2D eigenvalue weighted by Gasteiger charge is -2.24. The first-order valence-corrected chi connectivity index (χ1v) is 6.84. The first-order valence-electron chi connectivity index (χ1n) is 6.84. The Labute approximate surface area is 111 Å². The van der Waals surface area contributed by atoms with Crippen LogP contribution in [0.2, 0.25) is 0 Å². The first-order chi connectivity index (χ1) is 9.06. The maximum Gasteiger partial charge on any atom is 0.326 e. The average Bonchev–Trinajstić information content (AvgIpc) is 3.02. The molecule has 2 aliphatic carbocycles. The molecule has 3 rings (SSSR count). The summed E-state index contributed by atoms with van der Waals surface area (Å²) in [6.07, 6.45) is 5.85. The summed E-state index contributed by atoms with van der Waals surface area (Å²) < 4.78 is 0. The minimum absolute atomic E-state index is 0.132. The Kier molecular flexibility index (Phi) is 2.73. The molecule has 5 atom stereocenters. The van der Waals surface area contributed by atoms with Crippen LogP contribution < -0.4 is 0 Å². The Morgan fingerprint density at radius 3 is 2.26 bits per heavy atom. The van der Waals surface area contributed by atoms with Gasteiger partial charge in [0.1, 0.15) is 6.04 Å². The maximum absolute atomic E-state index is 12.4. The van der Waals surface area contributed by atoms with Crippen molar-refractivity contribution in [2.24, 2.45) is 23.7 Å². The van der Waals surface area contributed by atoms with Crippen molar-refractivity contribution in [3.05, 3.63) is 12.2 Å². The van der Waals surface area contributed by atoms with Crippen LogP contribution in [0.25, 0.3) is 0 Å². The third-order valence-electron chi connectivity index (χ3n) is 4.66. The number of fused-ring (bicyclic) bond motifs is 5. The number of allylic oxidation sites excluding steroid dienone is 2. The molecule has 3 aliphatic rings. The molecular formula is C14H17NO4. The molecule has 2 amide bonds. The number of carboxylic acids is 1. The Hall–Kier alpha value is -1.65. The number of imide groups is 1. The predicted octanol–water partition coefficient (Wildman–Crippen LogP) is 1.05. The molecule has 0 unspecified atom stereocenters. The van der Waals surface area contributed by atoms with Crippen LogP contribution in [0.5, 0.6) is 0 Å². The molecule has 5 heteroatoms. The molecule has 1 heterocycles. The van der Waals surface area contributed by atoms with Gasteiger partial charge in [-0.05, 0) is 24.7 Å². The highest BCUT2D eigenvalue weighted by molar-refractivity contribution is 6.08. The van der Waals surface area contributed by atoms with Crippen molar-refractivity contribution < 1.29 is 19.5 Å². The Bertz CT molecular complexity index is 454. The second-order valence-electron chi connectivity index (χ2n) is 5.69. The summed E-state index contributed by atoms with van der Waals surface area (Å²) in [5.74, 6) is -1.97. The molecule has 102 valence electrons. The number of nitrogens with zero attached hydrogens (tertiary/aromatic N) is 1. The summed E-state index contributed by atoms with van der Waals surface area (Å²) in [5, 5.41) is 9.25. The third kappa shape index (κ3) is 1.57. The molecule has 0 spiro atoms. The van der Waals surface area contributed by atoms with Gasteiger partial charge >= 0.3 is 5.97 Å². The van der Waals surface area contributed by atoms with Crippen LogP contribution in [-0.4, -0.2) is 33.8 Å². The van der Waals surface area contributed by atoms with Gasteiger partial charge in [-0.15, -0.1) is 0 Å². The van der Waals surface area contributed by atoms with E-state index in [0.29, 0.717) is 12.8 Å². The van der Waals surface area contributed by atoms with Crippen molar-refractivity contribution in [3.8, 4) is 0 Å². The van der Waals surface area contributed by atoms with Gasteiger partial charge in [0.2, 0.25) is 11.8 Å². The molecule has 1 N–H and O–H groups in total. The van der Waals surface area contributed by atoms with Crippen molar-refractivity contribution in [1.82, 2.24) is 4.90 Å². The molecule has 2 bridgehead atoms. The highest BCUT2D eigenvalue weighted by Crippen LogP contribution is 2.52. The van der Waals surface area contributed by atoms with Gasteiger partial charge in [0.15, 0.2) is 0 Å². The van der Waals surface area contributed by atoms with Gasteiger partial charge in [-0.3, -0.25) is 14.5 Å². The summed E-state index contributed by atoms with van der Waals surface area (Å²) in [6.45, 7) is 1.85. The van der Waals surface area contributed by atoms with Crippen LogP contribution in [0.1, 0.15) is 26.2 Å². The van der Waals surface area contributed by atoms with Gasteiger partial charge in [-0.25, -0.2) is 4.79 Å². The Morgan fingerprint density at radius 2 is 1.84 bits per heavy atom. The molecule has 1 aliphatic heterocycles. The normalized spacial score (nSPS) is 37.0. The summed E-state index contributed by atoms with van der Waals surface area (Å²) in [5.41, 5.74) is 0. The van der Waals surface area contributed by atoms with E-state index in [9.17, 15) is 19.5 Å². The van der Waals surface area contributed by atoms with Crippen LogP contribution in [0, 0.1) is 23.7 Å². The number of amides is 2. The summed E-state index contributed by atoms with van der Waals surface area (Å²) in [7, 11) is 0. The van der Waals surface area contributed by atoms with Crippen molar-refractivity contribution in [2.75, 3.05) is 0 Å². The number of carbonyl (C=O) groups is 3. The van der Waals surface area contributed by atoms with E-state index < -0.39 is 12.0 Å². The largest absolute Gasteiger partial charge is 0.480 e. The fourth-order valence-electron chi connectivity index (χ4n) is 3.87. The molecule has 19 heavy (non-hydrogen) atoms. The van der Waals surface area contributed by atoms with Crippen molar-refractivity contribution in [1.29, 1.82) is 0 Å². The fourth-order valence-corrected chi connectivity index (χ4v) is 3.87. The fraction of sp³-hybridized carbons (Fsp3) is 0.643. The van der Waals surface area contributed by atoms with Crippen LogP contribution in [0.15, 0.2) is 12.2 Å². The molecule has 1 saturated carbocycles. The molecule has 0 aromatic heterocycles. The van der Waals surface area contributed by atoms with E-state index in [1.54, 1.807) is 0 Å². The molecular weight excluding hydrogens is 246 g/mol. The van der Waals surface area contributed by atoms with Gasteiger partial charge in [-0.1, -0.05) is 25.5 Å². The number of rotatable bonds is 4. The van der Waals surface area contributed by atoms with Crippen molar-refractivity contribution in [3.63, 3.8) is 0 Å². The third-order valence-corrected chi connectivity index (χ3v) is 4.66. The van der Waals surface area contributed by atoms with Crippen LogP contribution in [-0.2, 0) is 14.4 Å². The first kappa shape index (κ1) is 12.4. The molecule has 0 radical (unpaired) electrons. The van der Waals surface area contributed by atoms with E-state index in [1.165, 1.54) is 0 Å². The van der Waals surface area contributed by atoms with Gasteiger partial charge in [0.25, 0.3) is 0 Å². The molecule has 0 aromatic carbocycles. The lowest BCUT2D eigenvalue weighted by Crippen LogP contribution is -2.46. The standard InChI is InChI=1S/C14H17NO4/c1-2-3-9(14(18)19)15-12(16)10-7-4-5-8(6-7)11(10)13(15)17/h4-5,7-11H,2-3,6H2,1H3,(H,18,19)/t7-,8+,9-,10+,11-/m1/s1. The summed E-state index contributed by atoms with van der Waals surface area (Å²) in [6, 6.07) is -0.991. The van der Waals surface area contributed by atoms with Crippen molar-refractivity contribution >= 4 is 17.8 Å². The van der Waals surface area contributed by atoms with Gasteiger partial charge < -0.3 is 5.11 Å². The van der Waals surface area contributed by atoms with Gasteiger partial charge in [0.05, 0.1) is 11.8 Å². The number of hydrogen-bond donors (Lipinski definition) is 1. The van der Waals surface area contributed by atoms with Crippen LogP contribution in [0.4, 0.5) is 0 Å². The minimum Gasteiger partial charge on any atom is -0.480 e. The van der Waals surface area contributed by atoms with Crippen LogP contribution >= 0.6 is 0 Å². The number of carbonyl (C=O) groups excluding carboxylic acids is 2. The molecule has 5 nitrogen and oxygen atoms in total. The molecule has 0 aromatic rings. The zero-order valence-electron chi connectivity index (χ0n) is 10.8. The molecule has 1 saturated heterocycles.